The van der Waals surface area contributed by atoms with Gasteiger partial charge in [-0.25, -0.2) is 4.39 Å². The minimum absolute atomic E-state index is 0.0253. The summed E-state index contributed by atoms with van der Waals surface area (Å²) >= 11 is 0. The Morgan fingerprint density at radius 2 is 2.10 bits per heavy atom. The van der Waals surface area contributed by atoms with E-state index in [4.69, 9.17) is 0 Å². The first-order valence-corrected chi connectivity index (χ1v) is 7.07. The van der Waals surface area contributed by atoms with E-state index in [0.717, 1.165) is 5.56 Å². The lowest BCUT2D eigenvalue weighted by molar-refractivity contribution is -0.121. The zero-order valence-corrected chi connectivity index (χ0v) is 12.1. The number of hydrogen-bond acceptors (Lipinski definition) is 2. The molecule has 1 atom stereocenters. The van der Waals surface area contributed by atoms with Crippen molar-refractivity contribution < 1.29 is 9.18 Å². The number of halogens is 1. The van der Waals surface area contributed by atoms with Crippen LogP contribution in [-0.4, -0.2) is 17.4 Å². The molecule has 0 fully saturated rings. The van der Waals surface area contributed by atoms with E-state index in [1.54, 1.807) is 30.6 Å². The van der Waals surface area contributed by atoms with Crippen molar-refractivity contribution >= 4 is 5.91 Å². The maximum absolute atomic E-state index is 13.4. The molecule has 0 aliphatic rings. The number of carbonyl (C=O) groups excluding carboxylic acids is 1. The summed E-state index contributed by atoms with van der Waals surface area (Å²) in [5.41, 5.74) is 1.67. The highest BCUT2D eigenvalue weighted by Crippen LogP contribution is 2.17. The van der Waals surface area contributed by atoms with Crippen molar-refractivity contribution in [1.29, 1.82) is 0 Å². The summed E-state index contributed by atoms with van der Waals surface area (Å²) in [5.74, 6) is -0.134. The predicted octanol–water partition coefficient (Wildman–Crippen LogP) is 3.07. The smallest absolute Gasteiger partial charge is 0.220 e. The van der Waals surface area contributed by atoms with Gasteiger partial charge >= 0.3 is 0 Å². The number of aromatic nitrogens is 1. The Morgan fingerprint density at radius 1 is 1.29 bits per heavy atom. The number of rotatable bonds is 6. The van der Waals surface area contributed by atoms with Gasteiger partial charge in [0, 0.05) is 25.4 Å². The van der Waals surface area contributed by atoms with Gasteiger partial charge < -0.3 is 5.32 Å². The molecule has 21 heavy (non-hydrogen) atoms. The highest BCUT2D eigenvalue weighted by atomic mass is 19.1. The fourth-order valence-corrected chi connectivity index (χ4v) is 2.17. The molecule has 1 aromatic heterocycles. The maximum atomic E-state index is 13.4. The van der Waals surface area contributed by atoms with Gasteiger partial charge in [-0.1, -0.05) is 31.2 Å². The molecular weight excluding hydrogens is 267 g/mol. The molecule has 0 saturated carbocycles. The summed E-state index contributed by atoms with van der Waals surface area (Å²) in [6.07, 6.45) is 4.39. The van der Waals surface area contributed by atoms with Gasteiger partial charge in [0.15, 0.2) is 0 Å². The van der Waals surface area contributed by atoms with Gasteiger partial charge in [0.2, 0.25) is 5.91 Å². The quantitative estimate of drug-likeness (QED) is 0.886. The SMILES string of the molecule is CC(CC(=O)NCCc1ccccc1F)c1cccnc1. The summed E-state index contributed by atoms with van der Waals surface area (Å²) in [6, 6.07) is 10.4. The molecule has 1 aromatic carbocycles. The average molecular weight is 286 g/mol. The van der Waals surface area contributed by atoms with Crippen molar-refractivity contribution in [3.63, 3.8) is 0 Å². The van der Waals surface area contributed by atoms with Crippen LogP contribution in [0, 0.1) is 5.82 Å². The lowest BCUT2D eigenvalue weighted by Crippen LogP contribution is -2.26. The fourth-order valence-electron chi connectivity index (χ4n) is 2.17. The largest absolute Gasteiger partial charge is 0.356 e. The molecule has 1 amide bonds. The normalized spacial score (nSPS) is 11.9. The first-order chi connectivity index (χ1) is 10.2. The molecule has 4 heteroatoms. The van der Waals surface area contributed by atoms with Crippen molar-refractivity contribution in [2.75, 3.05) is 6.54 Å². The van der Waals surface area contributed by atoms with Gasteiger partial charge in [-0.05, 0) is 35.6 Å². The highest BCUT2D eigenvalue weighted by Gasteiger charge is 2.11. The van der Waals surface area contributed by atoms with Gasteiger partial charge in [0.05, 0.1) is 0 Å². The molecule has 1 unspecified atom stereocenters. The van der Waals surface area contributed by atoms with Crippen LogP contribution in [0.15, 0.2) is 48.8 Å². The van der Waals surface area contributed by atoms with Crippen LogP contribution in [0.25, 0.3) is 0 Å². The van der Waals surface area contributed by atoms with Crippen LogP contribution in [0.2, 0.25) is 0 Å². The van der Waals surface area contributed by atoms with E-state index in [0.29, 0.717) is 24.9 Å². The number of hydrogen-bond donors (Lipinski definition) is 1. The number of pyridine rings is 1. The summed E-state index contributed by atoms with van der Waals surface area (Å²) in [7, 11) is 0. The van der Waals surface area contributed by atoms with Crippen LogP contribution in [-0.2, 0) is 11.2 Å². The van der Waals surface area contributed by atoms with Gasteiger partial charge in [-0.2, -0.15) is 0 Å². The first kappa shape index (κ1) is 15.2. The van der Waals surface area contributed by atoms with Crippen LogP contribution in [0.1, 0.15) is 30.4 Å². The van der Waals surface area contributed by atoms with Crippen molar-refractivity contribution in [1.82, 2.24) is 10.3 Å². The molecule has 2 rings (SSSR count). The molecule has 0 spiro atoms. The Morgan fingerprint density at radius 3 is 2.81 bits per heavy atom. The molecule has 0 aliphatic heterocycles. The van der Waals surface area contributed by atoms with Crippen LogP contribution in [0.5, 0.6) is 0 Å². The minimum atomic E-state index is -0.226. The predicted molar refractivity (Wildman–Crippen MR) is 80.4 cm³/mol. The molecule has 2 aromatic rings. The standard InChI is InChI=1S/C17H19FN2O/c1-13(15-6-4-9-19-12-15)11-17(21)20-10-8-14-5-2-3-7-16(14)18/h2-7,9,12-13H,8,10-11H2,1H3,(H,20,21). The molecule has 0 radical (unpaired) electrons. The monoisotopic (exact) mass is 286 g/mol. The molecular formula is C17H19FN2O. The first-order valence-electron chi connectivity index (χ1n) is 7.07. The Hall–Kier alpha value is -2.23. The third kappa shape index (κ3) is 4.67. The fraction of sp³-hybridized carbons (Fsp3) is 0.294. The van der Waals surface area contributed by atoms with Crippen LogP contribution < -0.4 is 5.32 Å². The average Bonchev–Trinajstić information content (AvgIpc) is 2.50. The number of nitrogens with zero attached hydrogens (tertiary/aromatic N) is 1. The van der Waals surface area contributed by atoms with E-state index in [1.165, 1.54) is 6.07 Å². The molecule has 110 valence electrons. The van der Waals surface area contributed by atoms with Crippen LogP contribution in [0.4, 0.5) is 4.39 Å². The third-order valence-electron chi connectivity index (χ3n) is 3.42. The molecule has 0 saturated heterocycles. The topological polar surface area (TPSA) is 42.0 Å². The van der Waals surface area contributed by atoms with Crippen LogP contribution >= 0.6 is 0 Å². The van der Waals surface area contributed by atoms with Gasteiger partial charge in [0.25, 0.3) is 0 Å². The Bertz CT molecular complexity index is 586. The second kappa shape index (κ2) is 7.53. The number of amides is 1. The van der Waals surface area contributed by atoms with Crippen molar-refractivity contribution in [2.24, 2.45) is 0 Å². The second-order valence-electron chi connectivity index (χ2n) is 5.08. The molecule has 3 nitrogen and oxygen atoms in total. The van der Waals surface area contributed by atoms with Gasteiger partial charge in [-0.3, -0.25) is 9.78 Å². The molecule has 1 N–H and O–H groups in total. The van der Waals surface area contributed by atoms with Crippen molar-refractivity contribution in [2.45, 2.75) is 25.7 Å². The van der Waals surface area contributed by atoms with Gasteiger partial charge in [0.1, 0.15) is 5.82 Å². The zero-order chi connectivity index (χ0) is 15.1. The minimum Gasteiger partial charge on any atom is -0.356 e. The Labute approximate surface area is 124 Å². The maximum Gasteiger partial charge on any atom is 0.220 e. The zero-order valence-electron chi connectivity index (χ0n) is 12.1. The Kier molecular flexibility index (Phi) is 5.43. The summed E-state index contributed by atoms with van der Waals surface area (Å²) in [4.78, 5) is 15.9. The summed E-state index contributed by atoms with van der Waals surface area (Å²) in [5, 5.41) is 2.83. The van der Waals surface area contributed by atoms with E-state index in [-0.39, 0.29) is 17.6 Å². The van der Waals surface area contributed by atoms with E-state index >= 15 is 0 Å². The van der Waals surface area contributed by atoms with Crippen molar-refractivity contribution in [3.8, 4) is 0 Å². The number of nitrogens with one attached hydrogen (secondary N) is 1. The van der Waals surface area contributed by atoms with E-state index in [9.17, 15) is 9.18 Å². The van der Waals surface area contributed by atoms with Crippen molar-refractivity contribution in [3.05, 3.63) is 65.7 Å². The van der Waals surface area contributed by atoms with E-state index < -0.39 is 0 Å². The Balaban J connectivity index is 1.76. The second-order valence-corrected chi connectivity index (χ2v) is 5.08. The van der Waals surface area contributed by atoms with Gasteiger partial charge in [-0.15, -0.1) is 0 Å². The summed E-state index contributed by atoms with van der Waals surface area (Å²) in [6.45, 7) is 2.44. The lowest BCUT2D eigenvalue weighted by Gasteiger charge is -2.11. The molecule has 1 heterocycles. The highest BCUT2D eigenvalue weighted by molar-refractivity contribution is 5.76. The molecule has 0 bridgehead atoms. The van der Waals surface area contributed by atoms with E-state index in [1.807, 2.05) is 19.1 Å². The number of benzene rings is 1. The van der Waals surface area contributed by atoms with E-state index in [2.05, 4.69) is 10.3 Å². The summed E-state index contributed by atoms with van der Waals surface area (Å²) < 4.78 is 13.4. The molecule has 0 aliphatic carbocycles. The van der Waals surface area contributed by atoms with Crippen LogP contribution in [0.3, 0.4) is 0 Å². The number of carbonyl (C=O) groups is 1. The third-order valence-corrected chi connectivity index (χ3v) is 3.42. The lowest BCUT2D eigenvalue weighted by atomic mass is 9.99.